The van der Waals surface area contributed by atoms with E-state index in [1.165, 1.54) is 25.7 Å². The Morgan fingerprint density at radius 3 is 2.47 bits per heavy atom. The highest BCUT2D eigenvalue weighted by molar-refractivity contribution is 5.78. The highest BCUT2D eigenvalue weighted by atomic mass is 16.2. The zero-order valence-corrected chi connectivity index (χ0v) is 10.7. The molecule has 0 unspecified atom stereocenters. The van der Waals surface area contributed by atoms with E-state index in [4.69, 9.17) is 5.73 Å². The van der Waals surface area contributed by atoms with Crippen LogP contribution in [0.3, 0.4) is 0 Å². The van der Waals surface area contributed by atoms with Gasteiger partial charge < -0.3 is 11.1 Å². The number of hydrogen-bond acceptors (Lipinski definition) is 3. The van der Waals surface area contributed by atoms with Crippen molar-refractivity contribution in [2.75, 3.05) is 19.6 Å². The fraction of sp³-hybridized carbons (Fsp3) is 0.923. The van der Waals surface area contributed by atoms with Crippen LogP contribution in [0.4, 0.5) is 0 Å². The Balaban J connectivity index is 1.69. The first-order valence-corrected chi connectivity index (χ1v) is 7.01. The Morgan fingerprint density at radius 2 is 1.88 bits per heavy atom. The van der Waals surface area contributed by atoms with Crippen molar-refractivity contribution in [1.82, 2.24) is 10.2 Å². The van der Waals surface area contributed by atoms with Crippen LogP contribution in [0.15, 0.2) is 0 Å². The molecule has 2 aliphatic rings. The molecule has 0 aromatic rings. The molecule has 1 amide bonds. The first-order valence-electron chi connectivity index (χ1n) is 7.01. The third-order valence-corrected chi connectivity index (χ3v) is 3.90. The summed E-state index contributed by atoms with van der Waals surface area (Å²) < 4.78 is 0. The van der Waals surface area contributed by atoms with Crippen LogP contribution in [-0.2, 0) is 4.79 Å². The molecule has 98 valence electrons. The quantitative estimate of drug-likeness (QED) is 0.718. The van der Waals surface area contributed by atoms with Gasteiger partial charge >= 0.3 is 0 Å². The van der Waals surface area contributed by atoms with Crippen molar-refractivity contribution >= 4 is 5.91 Å². The predicted octanol–water partition coefficient (Wildman–Crippen LogP) is 0.858. The van der Waals surface area contributed by atoms with Gasteiger partial charge in [0.05, 0.1) is 6.54 Å². The van der Waals surface area contributed by atoms with Gasteiger partial charge in [-0.15, -0.1) is 0 Å². The van der Waals surface area contributed by atoms with Crippen molar-refractivity contribution in [3.05, 3.63) is 0 Å². The molecule has 1 aliphatic heterocycles. The minimum Gasteiger partial charge on any atom is -0.352 e. The van der Waals surface area contributed by atoms with Crippen molar-refractivity contribution in [3.63, 3.8) is 0 Å². The molecule has 1 aliphatic carbocycles. The Labute approximate surface area is 104 Å². The Morgan fingerprint density at radius 1 is 1.18 bits per heavy atom. The Kier molecular flexibility index (Phi) is 4.80. The van der Waals surface area contributed by atoms with Crippen LogP contribution in [-0.4, -0.2) is 42.5 Å². The molecule has 1 atom stereocenters. The number of nitrogens with one attached hydrogen (secondary N) is 1. The summed E-state index contributed by atoms with van der Waals surface area (Å²) in [5, 5.41) is 3.18. The molecule has 2 rings (SSSR count). The summed E-state index contributed by atoms with van der Waals surface area (Å²) >= 11 is 0. The van der Waals surface area contributed by atoms with Crippen molar-refractivity contribution in [3.8, 4) is 0 Å². The molecule has 4 heteroatoms. The van der Waals surface area contributed by atoms with Gasteiger partial charge in [-0.2, -0.15) is 0 Å². The van der Waals surface area contributed by atoms with E-state index in [1.54, 1.807) is 0 Å². The van der Waals surface area contributed by atoms with Crippen LogP contribution in [0.1, 0.15) is 44.9 Å². The van der Waals surface area contributed by atoms with E-state index in [1.807, 2.05) is 0 Å². The lowest BCUT2D eigenvalue weighted by atomic mass is 10.1. The smallest absolute Gasteiger partial charge is 0.234 e. The third-order valence-electron chi connectivity index (χ3n) is 3.90. The third kappa shape index (κ3) is 4.28. The van der Waals surface area contributed by atoms with Crippen molar-refractivity contribution < 1.29 is 4.79 Å². The average Bonchev–Trinajstić information content (AvgIpc) is 2.53. The van der Waals surface area contributed by atoms with E-state index in [0.29, 0.717) is 12.6 Å². The van der Waals surface area contributed by atoms with Crippen molar-refractivity contribution in [2.24, 2.45) is 5.73 Å². The molecular weight excluding hydrogens is 214 g/mol. The molecule has 0 radical (unpaired) electrons. The number of rotatable bonds is 3. The Hall–Kier alpha value is -0.610. The van der Waals surface area contributed by atoms with Crippen LogP contribution < -0.4 is 11.1 Å². The summed E-state index contributed by atoms with van der Waals surface area (Å²) in [5.41, 5.74) is 5.83. The maximum Gasteiger partial charge on any atom is 0.234 e. The van der Waals surface area contributed by atoms with Gasteiger partial charge in [-0.1, -0.05) is 25.7 Å². The van der Waals surface area contributed by atoms with Gasteiger partial charge in [0.25, 0.3) is 0 Å². The van der Waals surface area contributed by atoms with E-state index >= 15 is 0 Å². The van der Waals surface area contributed by atoms with Gasteiger partial charge in [-0.25, -0.2) is 0 Å². The Bertz CT molecular complexity index is 249. The number of hydrogen-bond donors (Lipinski definition) is 2. The number of nitrogens with zero attached hydrogens (tertiary/aromatic N) is 1. The number of likely N-dealkylation sites (tertiary alicyclic amines) is 1. The molecular formula is C13H25N3O. The fourth-order valence-corrected chi connectivity index (χ4v) is 2.91. The molecule has 1 saturated heterocycles. The van der Waals surface area contributed by atoms with E-state index in [9.17, 15) is 4.79 Å². The van der Waals surface area contributed by atoms with Crippen LogP contribution in [0.2, 0.25) is 0 Å². The number of nitrogens with two attached hydrogens (primary N) is 1. The molecule has 17 heavy (non-hydrogen) atoms. The fourth-order valence-electron chi connectivity index (χ4n) is 2.91. The SMILES string of the molecule is N[C@H]1CCN(CC(=O)NC2CCCCCC2)C1. The minimum absolute atomic E-state index is 0.186. The highest BCUT2D eigenvalue weighted by Crippen LogP contribution is 2.17. The summed E-state index contributed by atoms with van der Waals surface area (Å²) in [5.74, 6) is 0.186. The molecule has 0 spiro atoms. The standard InChI is InChI=1S/C13H25N3O/c14-11-7-8-16(9-11)10-13(17)15-12-5-3-1-2-4-6-12/h11-12H,1-10,14H2,(H,15,17)/t11-/m0/s1. The van der Waals surface area contributed by atoms with Gasteiger partial charge in [0, 0.05) is 25.2 Å². The lowest BCUT2D eigenvalue weighted by Gasteiger charge is -2.19. The zero-order chi connectivity index (χ0) is 12.1. The highest BCUT2D eigenvalue weighted by Gasteiger charge is 2.22. The summed E-state index contributed by atoms with van der Waals surface area (Å²) in [6.07, 6.45) is 8.52. The molecule has 0 bridgehead atoms. The molecule has 1 heterocycles. The first kappa shape index (κ1) is 12.8. The van der Waals surface area contributed by atoms with Crippen LogP contribution in [0, 0.1) is 0 Å². The molecule has 0 aromatic heterocycles. The topological polar surface area (TPSA) is 58.4 Å². The summed E-state index contributed by atoms with van der Waals surface area (Å²) in [4.78, 5) is 14.1. The molecule has 3 N–H and O–H groups in total. The zero-order valence-electron chi connectivity index (χ0n) is 10.7. The van der Waals surface area contributed by atoms with E-state index in [-0.39, 0.29) is 11.9 Å². The maximum atomic E-state index is 11.9. The molecule has 0 aromatic carbocycles. The maximum absolute atomic E-state index is 11.9. The lowest BCUT2D eigenvalue weighted by Crippen LogP contribution is -2.41. The summed E-state index contributed by atoms with van der Waals surface area (Å²) in [6, 6.07) is 0.682. The largest absolute Gasteiger partial charge is 0.352 e. The number of amides is 1. The van der Waals surface area contributed by atoms with Crippen LogP contribution in [0.5, 0.6) is 0 Å². The van der Waals surface area contributed by atoms with E-state index in [0.717, 1.165) is 32.4 Å². The molecule has 1 saturated carbocycles. The van der Waals surface area contributed by atoms with Crippen molar-refractivity contribution in [1.29, 1.82) is 0 Å². The predicted molar refractivity (Wildman–Crippen MR) is 68.7 cm³/mol. The van der Waals surface area contributed by atoms with E-state index < -0.39 is 0 Å². The van der Waals surface area contributed by atoms with Gasteiger partial charge in [0.2, 0.25) is 5.91 Å². The van der Waals surface area contributed by atoms with Crippen LogP contribution >= 0.6 is 0 Å². The van der Waals surface area contributed by atoms with Crippen LogP contribution in [0.25, 0.3) is 0 Å². The second-order valence-corrected chi connectivity index (χ2v) is 5.54. The lowest BCUT2D eigenvalue weighted by molar-refractivity contribution is -0.122. The molecule has 2 fully saturated rings. The second kappa shape index (κ2) is 6.36. The second-order valence-electron chi connectivity index (χ2n) is 5.54. The minimum atomic E-state index is 0.186. The molecule has 4 nitrogen and oxygen atoms in total. The van der Waals surface area contributed by atoms with Gasteiger partial charge in [0.15, 0.2) is 0 Å². The van der Waals surface area contributed by atoms with Gasteiger partial charge in [0.1, 0.15) is 0 Å². The van der Waals surface area contributed by atoms with Gasteiger partial charge in [-0.3, -0.25) is 9.69 Å². The number of carbonyl (C=O) groups excluding carboxylic acids is 1. The van der Waals surface area contributed by atoms with E-state index in [2.05, 4.69) is 10.2 Å². The first-order chi connectivity index (χ1) is 8.24. The summed E-state index contributed by atoms with van der Waals surface area (Å²) in [6.45, 7) is 2.38. The average molecular weight is 239 g/mol. The summed E-state index contributed by atoms with van der Waals surface area (Å²) in [7, 11) is 0. The normalized spacial score (nSPS) is 27.9. The van der Waals surface area contributed by atoms with Gasteiger partial charge in [-0.05, 0) is 19.3 Å². The van der Waals surface area contributed by atoms with Crippen molar-refractivity contribution in [2.45, 2.75) is 57.0 Å². The number of carbonyl (C=O) groups is 1. The monoisotopic (exact) mass is 239 g/mol.